The Labute approximate surface area is 88.3 Å². The number of aldehydes is 1. The molecule has 0 bridgehead atoms. The van der Waals surface area contributed by atoms with E-state index in [9.17, 15) is 4.79 Å². The molecule has 14 heavy (non-hydrogen) atoms. The molecule has 1 rings (SSSR count). The molecule has 0 aromatic carbocycles. The minimum atomic E-state index is 0.777. The Morgan fingerprint density at radius 1 is 1.14 bits per heavy atom. The normalized spacial score (nSPS) is 27.9. The van der Waals surface area contributed by atoms with Gasteiger partial charge in [0.25, 0.3) is 0 Å². The van der Waals surface area contributed by atoms with Crippen molar-refractivity contribution in [3.63, 3.8) is 0 Å². The van der Waals surface area contributed by atoms with Crippen molar-refractivity contribution >= 4 is 6.29 Å². The lowest BCUT2D eigenvalue weighted by Crippen LogP contribution is -2.16. The summed E-state index contributed by atoms with van der Waals surface area (Å²) in [6.07, 6.45) is 9.93. The Bertz CT molecular complexity index is 155. The zero-order valence-electron chi connectivity index (χ0n) is 9.67. The maximum absolute atomic E-state index is 10.3. The van der Waals surface area contributed by atoms with Crippen molar-refractivity contribution < 1.29 is 4.79 Å². The van der Waals surface area contributed by atoms with Crippen LogP contribution in [0.5, 0.6) is 0 Å². The van der Waals surface area contributed by atoms with E-state index in [1.165, 1.54) is 32.1 Å². The molecule has 1 fully saturated rings. The molecule has 0 N–H and O–H groups in total. The molecule has 0 amide bonds. The van der Waals surface area contributed by atoms with Crippen LogP contribution in [-0.2, 0) is 4.79 Å². The van der Waals surface area contributed by atoms with Crippen molar-refractivity contribution in [2.75, 3.05) is 0 Å². The van der Waals surface area contributed by atoms with E-state index >= 15 is 0 Å². The van der Waals surface area contributed by atoms with Crippen molar-refractivity contribution in [2.45, 2.75) is 58.8 Å². The second-order valence-electron chi connectivity index (χ2n) is 5.26. The lowest BCUT2D eigenvalue weighted by molar-refractivity contribution is -0.108. The highest BCUT2D eigenvalue weighted by molar-refractivity contribution is 5.49. The van der Waals surface area contributed by atoms with Crippen LogP contribution in [0.3, 0.4) is 0 Å². The van der Waals surface area contributed by atoms with Gasteiger partial charge in [0.15, 0.2) is 0 Å². The highest BCUT2D eigenvalue weighted by Gasteiger charge is 2.21. The molecule has 0 unspecified atom stereocenters. The predicted octanol–water partition coefficient (Wildman–Crippen LogP) is 3.82. The monoisotopic (exact) mass is 196 g/mol. The van der Waals surface area contributed by atoms with E-state index in [4.69, 9.17) is 0 Å². The van der Waals surface area contributed by atoms with Crippen LogP contribution in [0, 0.1) is 17.8 Å². The van der Waals surface area contributed by atoms with Gasteiger partial charge < -0.3 is 4.79 Å². The van der Waals surface area contributed by atoms with Crippen molar-refractivity contribution in [3.05, 3.63) is 0 Å². The summed E-state index contributed by atoms with van der Waals surface area (Å²) >= 11 is 0. The lowest BCUT2D eigenvalue weighted by atomic mass is 9.77. The average Bonchev–Trinajstić information content (AvgIpc) is 2.16. The van der Waals surface area contributed by atoms with Crippen LogP contribution >= 0.6 is 0 Å². The quantitative estimate of drug-likeness (QED) is 0.611. The second kappa shape index (κ2) is 6.21. The molecule has 0 spiro atoms. The third kappa shape index (κ3) is 4.26. The van der Waals surface area contributed by atoms with Crippen LogP contribution in [0.2, 0.25) is 0 Å². The highest BCUT2D eigenvalue weighted by atomic mass is 16.1. The molecular formula is C13H24O. The summed E-state index contributed by atoms with van der Waals surface area (Å²) in [4.78, 5) is 10.3. The van der Waals surface area contributed by atoms with Crippen LogP contribution in [0.15, 0.2) is 0 Å². The number of hydrogen-bond donors (Lipinski definition) is 0. The van der Waals surface area contributed by atoms with Gasteiger partial charge in [-0.2, -0.15) is 0 Å². The molecule has 0 radical (unpaired) electrons. The Morgan fingerprint density at radius 2 is 1.71 bits per heavy atom. The SMILES string of the molecule is CC(C)C[C@H]1CC[C@H](CCC=O)CC1. The molecule has 1 saturated carbocycles. The maximum Gasteiger partial charge on any atom is 0.120 e. The van der Waals surface area contributed by atoms with Gasteiger partial charge in [-0.1, -0.05) is 39.5 Å². The molecule has 1 aliphatic rings. The van der Waals surface area contributed by atoms with Crippen LogP contribution < -0.4 is 0 Å². The summed E-state index contributed by atoms with van der Waals surface area (Å²) in [5.41, 5.74) is 0. The third-order valence-electron chi connectivity index (χ3n) is 3.46. The van der Waals surface area contributed by atoms with E-state index in [1.807, 2.05) is 0 Å². The van der Waals surface area contributed by atoms with Crippen LogP contribution in [0.25, 0.3) is 0 Å². The van der Waals surface area contributed by atoms with Crippen molar-refractivity contribution in [2.24, 2.45) is 17.8 Å². The van der Waals surface area contributed by atoms with E-state index in [2.05, 4.69) is 13.8 Å². The summed E-state index contributed by atoms with van der Waals surface area (Å²) in [5.74, 6) is 2.68. The van der Waals surface area contributed by atoms with Gasteiger partial charge in [-0.25, -0.2) is 0 Å². The highest BCUT2D eigenvalue weighted by Crippen LogP contribution is 2.34. The van der Waals surface area contributed by atoms with Crippen molar-refractivity contribution in [1.82, 2.24) is 0 Å². The molecule has 0 saturated heterocycles. The average molecular weight is 196 g/mol. The Hall–Kier alpha value is -0.330. The zero-order valence-corrected chi connectivity index (χ0v) is 9.67. The molecule has 0 aromatic heterocycles. The zero-order chi connectivity index (χ0) is 10.4. The van der Waals surface area contributed by atoms with Gasteiger partial charge in [0.1, 0.15) is 6.29 Å². The number of hydrogen-bond acceptors (Lipinski definition) is 1. The number of carbonyl (C=O) groups is 1. The van der Waals surface area contributed by atoms with Gasteiger partial charge in [0, 0.05) is 6.42 Å². The first kappa shape index (κ1) is 11.7. The molecular weight excluding hydrogens is 172 g/mol. The molecule has 82 valence electrons. The number of carbonyl (C=O) groups excluding carboxylic acids is 1. The first-order valence-electron chi connectivity index (χ1n) is 6.16. The molecule has 0 atom stereocenters. The van der Waals surface area contributed by atoms with Gasteiger partial charge in [-0.15, -0.1) is 0 Å². The molecule has 1 aliphatic carbocycles. The van der Waals surface area contributed by atoms with Gasteiger partial charge >= 0.3 is 0 Å². The standard InChI is InChI=1S/C13H24O/c1-11(2)10-13-7-5-12(6-8-13)4-3-9-14/h9,11-13H,3-8,10H2,1-2H3/t12-,13-. The van der Waals surface area contributed by atoms with E-state index in [0.29, 0.717) is 0 Å². The van der Waals surface area contributed by atoms with Crippen LogP contribution in [0.1, 0.15) is 58.8 Å². The molecule has 0 aliphatic heterocycles. The Balaban J connectivity index is 2.14. The lowest BCUT2D eigenvalue weighted by Gasteiger charge is -2.29. The molecule has 0 aromatic rings. The molecule has 1 nitrogen and oxygen atoms in total. The largest absolute Gasteiger partial charge is 0.303 e. The van der Waals surface area contributed by atoms with Gasteiger partial charge in [0.2, 0.25) is 0 Å². The van der Waals surface area contributed by atoms with Gasteiger partial charge in [0.05, 0.1) is 0 Å². The summed E-state index contributed by atoms with van der Waals surface area (Å²) in [7, 11) is 0. The van der Waals surface area contributed by atoms with E-state index < -0.39 is 0 Å². The fourth-order valence-electron chi connectivity index (χ4n) is 2.73. The van der Waals surface area contributed by atoms with E-state index in [-0.39, 0.29) is 0 Å². The first-order valence-corrected chi connectivity index (χ1v) is 6.16. The topological polar surface area (TPSA) is 17.1 Å². The van der Waals surface area contributed by atoms with Crippen LogP contribution in [-0.4, -0.2) is 6.29 Å². The fraction of sp³-hybridized carbons (Fsp3) is 0.923. The smallest absolute Gasteiger partial charge is 0.120 e. The third-order valence-corrected chi connectivity index (χ3v) is 3.46. The van der Waals surface area contributed by atoms with Crippen molar-refractivity contribution in [3.8, 4) is 0 Å². The van der Waals surface area contributed by atoms with Gasteiger partial charge in [-0.3, -0.25) is 0 Å². The maximum atomic E-state index is 10.3. The van der Waals surface area contributed by atoms with Gasteiger partial charge in [-0.05, 0) is 30.6 Å². The summed E-state index contributed by atoms with van der Waals surface area (Å²) in [6.45, 7) is 4.64. The van der Waals surface area contributed by atoms with Crippen LogP contribution in [0.4, 0.5) is 0 Å². The minimum Gasteiger partial charge on any atom is -0.303 e. The predicted molar refractivity (Wildman–Crippen MR) is 60.2 cm³/mol. The minimum absolute atomic E-state index is 0.777. The van der Waals surface area contributed by atoms with E-state index in [0.717, 1.165) is 36.9 Å². The molecule has 0 heterocycles. The molecule has 1 heteroatoms. The van der Waals surface area contributed by atoms with Crippen molar-refractivity contribution in [1.29, 1.82) is 0 Å². The summed E-state index contributed by atoms with van der Waals surface area (Å²) in [5, 5.41) is 0. The summed E-state index contributed by atoms with van der Waals surface area (Å²) in [6, 6.07) is 0. The Morgan fingerprint density at radius 3 is 2.21 bits per heavy atom. The number of rotatable bonds is 5. The first-order chi connectivity index (χ1) is 6.72. The second-order valence-corrected chi connectivity index (χ2v) is 5.26. The summed E-state index contributed by atoms with van der Waals surface area (Å²) < 4.78 is 0. The Kier molecular flexibility index (Phi) is 5.21. The fourth-order valence-corrected chi connectivity index (χ4v) is 2.73. The van der Waals surface area contributed by atoms with E-state index in [1.54, 1.807) is 0 Å².